The van der Waals surface area contributed by atoms with Gasteiger partial charge in [-0.25, -0.2) is 9.97 Å². The Labute approximate surface area is 206 Å². The minimum Gasteiger partial charge on any atom is -0.491 e. The SMILES string of the molecule is O=C1c2cc(-c3ccc(OC(F)(F)F)cc3)ccc2OCCN1Cc1nccc(N2CCCCC2)n1. The Bertz CT molecular complexity index is 1230. The molecule has 1 fully saturated rings. The van der Waals surface area contributed by atoms with Gasteiger partial charge < -0.3 is 19.3 Å². The second-order valence-corrected chi connectivity index (χ2v) is 8.74. The summed E-state index contributed by atoms with van der Waals surface area (Å²) in [5, 5.41) is 0. The van der Waals surface area contributed by atoms with Crippen molar-refractivity contribution >= 4 is 11.7 Å². The molecule has 5 rings (SSSR count). The highest BCUT2D eigenvalue weighted by Gasteiger charge is 2.31. The van der Waals surface area contributed by atoms with Crippen LogP contribution in [0.1, 0.15) is 35.4 Å². The summed E-state index contributed by atoms with van der Waals surface area (Å²) in [6, 6.07) is 12.6. The number of hydrogen-bond acceptors (Lipinski definition) is 6. The molecule has 36 heavy (non-hydrogen) atoms. The Kier molecular flexibility index (Phi) is 6.67. The van der Waals surface area contributed by atoms with E-state index in [4.69, 9.17) is 9.72 Å². The Hall–Kier alpha value is -3.82. The van der Waals surface area contributed by atoms with Gasteiger partial charge in [0, 0.05) is 19.3 Å². The van der Waals surface area contributed by atoms with Gasteiger partial charge in [0.2, 0.25) is 0 Å². The summed E-state index contributed by atoms with van der Waals surface area (Å²) in [6.45, 7) is 2.88. The Morgan fingerprint density at radius 3 is 2.44 bits per heavy atom. The normalized spacial score (nSPS) is 16.2. The monoisotopic (exact) mass is 498 g/mol. The van der Waals surface area contributed by atoms with E-state index < -0.39 is 6.36 Å². The molecule has 0 saturated carbocycles. The van der Waals surface area contributed by atoms with Gasteiger partial charge in [-0.2, -0.15) is 0 Å². The van der Waals surface area contributed by atoms with Crippen molar-refractivity contribution < 1.29 is 27.4 Å². The van der Waals surface area contributed by atoms with Gasteiger partial charge in [-0.3, -0.25) is 4.79 Å². The fraction of sp³-hybridized carbons (Fsp3) is 0.346. The van der Waals surface area contributed by atoms with Crippen molar-refractivity contribution in [2.75, 3.05) is 31.1 Å². The Balaban J connectivity index is 1.35. The van der Waals surface area contributed by atoms with Gasteiger partial charge >= 0.3 is 6.36 Å². The molecular formula is C26H25F3N4O3. The molecule has 0 radical (unpaired) electrons. The van der Waals surface area contributed by atoms with Crippen molar-refractivity contribution in [1.82, 2.24) is 14.9 Å². The molecule has 0 bridgehead atoms. The van der Waals surface area contributed by atoms with Gasteiger partial charge in [-0.1, -0.05) is 18.2 Å². The van der Waals surface area contributed by atoms with Gasteiger partial charge in [0.15, 0.2) is 0 Å². The molecule has 2 aliphatic heterocycles. The largest absolute Gasteiger partial charge is 0.573 e. The second-order valence-electron chi connectivity index (χ2n) is 8.74. The van der Waals surface area contributed by atoms with E-state index in [1.165, 1.54) is 30.7 Å². The van der Waals surface area contributed by atoms with E-state index in [1.54, 1.807) is 29.3 Å². The molecule has 2 aromatic carbocycles. The minimum absolute atomic E-state index is 0.214. The van der Waals surface area contributed by atoms with Gasteiger partial charge in [-0.05, 0) is 60.7 Å². The van der Waals surface area contributed by atoms with Crippen LogP contribution in [-0.4, -0.2) is 53.4 Å². The zero-order chi connectivity index (χ0) is 25.1. The molecule has 0 aliphatic carbocycles. The quantitative estimate of drug-likeness (QED) is 0.490. The van der Waals surface area contributed by atoms with Crippen molar-refractivity contribution in [3.8, 4) is 22.6 Å². The first kappa shape index (κ1) is 23.9. The number of carbonyl (C=O) groups excluding carboxylic acids is 1. The zero-order valence-corrected chi connectivity index (χ0v) is 19.5. The maximum atomic E-state index is 13.5. The van der Waals surface area contributed by atoms with Crippen LogP contribution in [0.25, 0.3) is 11.1 Å². The maximum Gasteiger partial charge on any atom is 0.573 e. The highest BCUT2D eigenvalue weighted by molar-refractivity contribution is 5.98. The molecule has 10 heteroatoms. The molecule has 1 saturated heterocycles. The van der Waals surface area contributed by atoms with Crippen LogP contribution in [0.15, 0.2) is 54.7 Å². The van der Waals surface area contributed by atoms with Crippen LogP contribution < -0.4 is 14.4 Å². The molecule has 0 unspecified atom stereocenters. The van der Waals surface area contributed by atoms with Gasteiger partial charge in [0.1, 0.15) is 29.7 Å². The van der Waals surface area contributed by atoms with Crippen LogP contribution >= 0.6 is 0 Å². The van der Waals surface area contributed by atoms with Crippen molar-refractivity contribution in [3.05, 3.63) is 66.1 Å². The fourth-order valence-electron chi connectivity index (χ4n) is 4.47. The molecule has 3 heterocycles. The van der Waals surface area contributed by atoms with Gasteiger partial charge in [-0.15, -0.1) is 13.2 Å². The molecule has 3 aromatic rings. The molecule has 1 amide bonds. The van der Waals surface area contributed by atoms with E-state index in [0.717, 1.165) is 31.7 Å². The molecule has 0 spiro atoms. The van der Waals surface area contributed by atoms with Gasteiger partial charge in [0.25, 0.3) is 5.91 Å². The molecule has 7 nitrogen and oxygen atoms in total. The standard InChI is InChI=1S/C26H25F3N4O3/c27-26(28,29)36-20-7-4-18(5-8-20)19-6-9-22-21(16-19)25(34)33(14-15-35-22)17-23-30-11-10-24(31-23)32-12-2-1-3-13-32/h4-11,16H,1-3,12-15,17H2. The number of rotatable bonds is 5. The lowest BCUT2D eigenvalue weighted by atomic mass is 10.0. The van der Waals surface area contributed by atoms with Gasteiger partial charge in [0.05, 0.1) is 18.7 Å². The Morgan fingerprint density at radius 1 is 0.944 bits per heavy atom. The van der Waals surface area contributed by atoms with Crippen LogP contribution in [0.3, 0.4) is 0 Å². The molecule has 2 aliphatic rings. The molecule has 1 aromatic heterocycles. The van der Waals surface area contributed by atoms with E-state index >= 15 is 0 Å². The number of benzene rings is 2. The summed E-state index contributed by atoms with van der Waals surface area (Å²) >= 11 is 0. The van der Waals surface area contributed by atoms with Crippen molar-refractivity contribution in [2.24, 2.45) is 0 Å². The van der Waals surface area contributed by atoms with Crippen LogP contribution in [-0.2, 0) is 6.54 Å². The highest BCUT2D eigenvalue weighted by Crippen LogP contribution is 2.31. The number of piperidine rings is 1. The predicted octanol–water partition coefficient (Wildman–Crippen LogP) is 5.07. The number of hydrogen-bond donors (Lipinski definition) is 0. The van der Waals surface area contributed by atoms with Crippen LogP contribution in [0, 0.1) is 0 Å². The molecular weight excluding hydrogens is 473 g/mol. The third-order valence-electron chi connectivity index (χ3n) is 6.24. The summed E-state index contributed by atoms with van der Waals surface area (Å²) in [4.78, 5) is 26.4. The van der Waals surface area contributed by atoms with Crippen LogP contribution in [0.2, 0.25) is 0 Å². The number of carbonyl (C=O) groups is 1. The molecule has 0 N–H and O–H groups in total. The number of halogens is 3. The minimum atomic E-state index is -4.75. The lowest BCUT2D eigenvalue weighted by molar-refractivity contribution is -0.274. The summed E-state index contributed by atoms with van der Waals surface area (Å²) in [5.74, 6) is 1.38. The lowest BCUT2D eigenvalue weighted by Gasteiger charge is -2.28. The summed E-state index contributed by atoms with van der Waals surface area (Å²) in [5.41, 5.74) is 1.70. The number of amides is 1. The smallest absolute Gasteiger partial charge is 0.491 e. The number of fused-ring (bicyclic) bond motifs is 1. The third kappa shape index (κ3) is 5.53. The van der Waals surface area contributed by atoms with E-state index in [0.29, 0.717) is 41.4 Å². The number of alkyl halides is 3. The van der Waals surface area contributed by atoms with Crippen molar-refractivity contribution in [3.63, 3.8) is 0 Å². The highest BCUT2D eigenvalue weighted by atomic mass is 19.4. The average molecular weight is 499 g/mol. The molecule has 0 atom stereocenters. The maximum absolute atomic E-state index is 13.5. The summed E-state index contributed by atoms with van der Waals surface area (Å²) < 4.78 is 47.1. The first-order valence-corrected chi connectivity index (χ1v) is 11.8. The first-order chi connectivity index (χ1) is 17.4. The lowest BCUT2D eigenvalue weighted by Crippen LogP contribution is -2.33. The number of nitrogens with zero attached hydrogens (tertiary/aromatic N) is 4. The number of anilines is 1. The second kappa shape index (κ2) is 10.0. The van der Waals surface area contributed by atoms with E-state index in [-0.39, 0.29) is 18.2 Å². The summed E-state index contributed by atoms with van der Waals surface area (Å²) in [6.07, 6.45) is 0.472. The Morgan fingerprint density at radius 2 is 1.69 bits per heavy atom. The average Bonchev–Trinajstić information content (AvgIpc) is 3.02. The van der Waals surface area contributed by atoms with Crippen LogP contribution in [0.5, 0.6) is 11.5 Å². The van der Waals surface area contributed by atoms with E-state index in [9.17, 15) is 18.0 Å². The van der Waals surface area contributed by atoms with Crippen LogP contribution in [0.4, 0.5) is 19.0 Å². The molecule has 188 valence electrons. The number of aromatic nitrogens is 2. The zero-order valence-electron chi connectivity index (χ0n) is 19.5. The van der Waals surface area contributed by atoms with E-state index in [2.05, 4.69) is 14.6 Å². The third-order valence-corrected chi connectivity index (χ3v) is 6.24. The number of ether oxygens (including phenoxy) is 2. The van der Waals surface area contributed by atoms with Crippen molar-refractivity contribution in [1.29, 1.82) is 0 Å². The first-order valence-electron chi connectivity index (χ1n) is 11.8. The van der Waals surface area contributed by atoms with Crippen molar-refractivity contribution in [2.45, 2.75) is 32.2 Å². The topological polar surface area (TPSA) is 67.8 Å². The fourth-order valence-corrected chi connectivity index (χ4v) is 4.47. The van der Waals surface area contributed by atoms with E-state index in [1.807, 2.05) is 6.07 Å². The predicted molar refractivity (Wildman–Crippen MR) is 127 cm³/mol. The summed E-state index contributed by atoms with van der Waals surface area (Å²) in [7, 11) is 0.